The van der Waals surface area contributed by atoms with Crippen molar-refractivity contribution in [3.05, 3.63) is 0 Å². The Bertz CT molecular complexity index is 321. The second-order valence-electron chi connectivity index (χ2n) is 7.63. The first-order valence-electron chi connectivity index (χ1n) is 7.84. The van der Waals surface area contributed by atoms with Gasteiger partial charge < -0.3 is 25.6 Å². The molecule has 0 spiro atoms. The van der Waals surface area contributed by atoms with E-state index in [9.17, 15) is 15.4 Å². The van der Waals surface area contributed by atoms with Gasteiger partial charge in [-0.3, -0.25) is 4.90 Å². The molecule has 1 rings (SSSR count). The van der Waals surface area contributed by atoms with Gasteiger partial charge in [0.05, 0.1) is 25.4 Å². The molecular weight excluding hydrogens is 288 g/mol. The first kappa shape index (κ1) is 19.8. The Morgan fingerprint density at radius 1 is 0.955 bits per heavy atom. The highest BCUT2D eigenvalue weighted by atomic mass is 16.5. The van der Waals surface area contributed by atoms with Crippen LogP contribution in [-0.4, -0.2) is 91.2 Å². The number of hydroxylamine groups is 2. The van der Waals surface area contributed by atoms with Gasteiger partial charge in [0.15, 0.2) is 0 Å². The molecule has 1 fully saturated rings. The maximum absolute atomic E-state index is 10.4. The van der Waals surface area contributed by atoms with Crippen LogP contribution in [0.4, 0.5) is 0 Å². The van der Waals surface area contributed by atoms with Crippen LogP contribution in [0.3, 0.4) is 0 Å². The molecular formula is C15H32N2O5. The van der Waals surface area contributed by atoms with E-state index < -0.39 is 23.3 Å². The van der Waals surface area contributed by atoms with Gasteiger partial charge in [0.1, 0.15) is 0 Å². The first-order valence-corrected chi connectivity index (χ1v) is 7.84. The Morgan fingerprint density at radius 2 is 1.32 bits per heavy atom. The van der Waals surface area contributed by atoms with Crippen LogP contribution in [0.15, 0.2) is 0 Å². The third-order valence-corrected chi connectivity index (χ3v) is 4.45. The topological polar surface area (TPSA) is 108 Å². The zero-order valence-corrected chi connectivity index (χ0v) is 14.1. The molecule has 7 heteroatoms. The van der Waals surface area contributed by atoms with Gasteiger partial charge in [-0.05, 0) is 40.5 Å². The van der Waals surface area contributed by atoms with Gasteiger partial charge in [-0.15, -0.1) is 0 Å². The third-order valence-electron chi connectivity index (χ3n) is 4.45. The lowest BCUT2D eigenvalue weighted by Gasteiger charge is -2.54. The van der Waals surface area contributed by atoms with Crippen molar-refractivity contribution in [1.82, 2.24) is 9.96 Å². The molecule has 2 unspecified atom stereocenters. The highest BCUT2D eigenvalue weighted by Crippen LogP contribution is 2.38. The first-order chi connectivity index (χ1) is 10.0. The SMILES string of the molecule is CC1(C)CC(N(CC(O)CO)CC(O)CO)CC(C)(C)N1O. The lowest BCUT2D eigenvalue weighted by molar-refractivity contribution is -0.253. The molecule has 22 heavy (non-hydrogen) atoms. The van der Waals surface area contributed by atoms with E-state index in [1.165, 1.54) is 5.06 Å². The van der Waals surface area contributed by atoms with Crippen LogP contribution in [0.5, 0.6) is 0 Å². The van der Waals surface area contributed by atoms with E-state index >= 15 is 0 Å². The molecule has 0 saturated carbocycles. The van der Waals surface area contributed by atoms with Crippen LogP contribution in [-0.2, 0) is 0 Å². The summed E-state index contributed by atoms with van der Waals surface area (Å²) >= 11 is 0. The molecule has 2 atom stereocenters. The van der Waals surface area contributed by atoms with E-state index in [2.05, 4.69) is 0 Å². The molecule has 5 N–H and O–H groups in total. The van der Waals surface area contributed by atoms with Crippen LogP contribution in [0.2, 0.25) is 0 Å². The number of rotatable bonds is 7. The van der Waals surface area contributed by atoms with Crippen molar-refractivity contribution in [2.24, 2.45) is 0 Å². The fraction of sp³-hybridized carbons (Fsp3) is 1.00. The largest absolute Gasteiger partial charge is 0.394 e. The van der Waals surface area contributed by atoms with Crippen molar-refractivity contribution in [3.63, 3.8) is 0 Å². The minimum atomic E-state index is -0.899. The molecule has 0 aromatic heterocycles. The molecule has 0 aromatic carbocycles. The molecule has 0 bridgehead atoms. The number of hydrogen-bond donors (Lipinski definition) is 5. The van der Waals surface area contributed by atoms with E-state index in [1.54, 1.807) is 0 Å². The van der Waals surface area contributed by atoms with Crippen molar-refractivity contribution in [2.75, 3.05) is 26.3 Å². The highest BCUT2D eigenvalue weighted by molar-refractivity contribution is 4.99. The summed E-state index contributed by atoms with van der Waals surface area (Å²) in [4.78, 5) is 1.90. The summed E-state index contributed by atoms with van der Waals surface area (Å²) in [7, 11) is 0. The van der Waals surface area contributed by atoms with Crippen LogP contribution >= 0.6 is 0 Å². The molecule has 1 aliphatic rings. The standard InChI is InChI=1S/C15H32N2O5/c1-14(2)5-11(6-15(3,4)17(14)22)16(7-12(20)9-18)8-13(21)10-19/h11-13,18-22H,5-10H2,1-4H3. The summed E-state index contributed by atoms with van der Waals surface area (Å²) in [5, 5.41) is 49.4. The van der Waals surface area contributed by atoms with E-state index in [4.69, 9.17) is 10.2 Å². The Kier molecular flexibility index (Phi) is 6.76. The Balaban J connectivity index is 2.92. The summed E-state index contributed by atoms with van der Waals surface area (Å²) in [6.07, 6.45) is -0.486. The van der Waals surface area contributed by atoms with E-state index in [0.29, 0.717) is 12.8 Å². The number of piperidine rings is 1. The smallest absolute Gasteiger partial charge is 0.0897 e. The van der Waals surface area contributed by atoms with Crippen LogP contribution < -0.4 is 0 Å². The summed E-state index contributed by atoms with van der Waals surface area (Å²) in [5.74, 6) is 0. The van der Waals surface area contributed by atoms with E-state index in [0.717, 1.165) is 0 Å². The fourth-order valence-corrected chi connectivity index (χ4v) is 3.51. The van der Waals surface area contributed by atoms with Gasteiger partial charge in [0, 0.05) is 30.2 Å². The molecule has 0 radical (unpaired) electrons. The normalized spacial score (nSPS) is 25.4. The van der Waals surface area contributed by atoms with Crippen molar-refractivity contribution in [2.45, 2.75) is 69.9 Å². The zero-order valence-electron chi connectivity index (χ0n) is 14.1. The number of nitrogens with zero attached hydrogens (tertiary/aromatic N) is 2. The van der Waals surface area contributed by atoms with Crippen LogP contribution in [0.25, 0.3) is 0 Å². The monoisotopic (exact) mass is 320 g/mol. The summed E-state index contributed by atoms with van der Waals surface area (Å²) in [5.41, 5.74) is -0.891. The third kappa shape index (κ3) is 4.86. The average Bonchev–Trinajstić information content (AvgIpc) is 2.42. The molecule has 0 aromatic rings. The molecule has 132 valence electrons. The van der Waals surface area contributed by atoms with Gasteiger partial charge in [-0.1, -0.05) is 0 Å². The van der Waals surface area contributed by atoms with Gasteiger partial charge in [-0.2, -0.15) is 5.06 Å². The molecule has 1 saturated heterocycles. The van der Waals surface area contributed by atoms with Crippen molar-refractivity contribution < 1.29 is 25.6 Å². The molecule has 0 aliphatic carbocycles. The maximum Gasteiger partial charge on any atom is 0.0897 e. The van der Waals surface area contributed by atoms with Crippen LogP contribution in [0, 0.1) is 0 Å². The summed E-state index contributed by atoms with van der Waals surface area (Å²) in [6.45, 7) is 7.53. The number of aliphatic hydroxyl groups is 4. The second-order valence-corrected chi connectivity index (χ2v) is 7.63. The molecule has 7 nitrogen and oxygen atoms in total. The average molecular weight is 320 g/mol. The van der Waals surface area contributed by atoms with E-state index in [-0.39, 0.29) is 32.3 Å². The second kappa shape index (κ2) is 7.53. The lowest BCUT2D eigenvalue weighted by Crippen LogP contribution is -2.64. The van der Waals surface area contributed by atoms with Gasteiger partial charge in [-0.25, -0.2) is 0 Å². The Morgan fingerprint density at radius 3 is 1.64 bits per heavy atom. The predicted octanol–water partition coefficient (Wildman–Crippen LogP) is -0.594. The minimum Gasteiger partial charge on any atom is -0.394 e. The van der Waals surface area contributed by atoms with Crippen molar-refractivity contribution in [3.8, 4) is 0 Å². The van der Waals surface area contributed by atoms with Gasteiger partial charge in [0.2, 0.25) is 0 Å². The minimum absolute atomic E-state index is 0.0239. The lowest BCUT2D eigenvalue weighted by atomic mass is 9.78. The number of aliphatic hydroxyl groups excluding tert-OH is 4. The summed E-state index contributed by atoms with van der Waals surface area (Å²) < 4.78 is 0. The quantitative estimate of drug-likeness (QED) is 0.426. The predicted molar refractivity (Wildman–Crippen MR) is 82.6 cm³/mol. The van der Waals surface area contributed by atoms with Crippen LogP contribution in [0.1, 0.15) is 40.5 Å². The molecule has 0 amide bonds. The fourth-order valence-electron chi connectivity index (χ4n) is 3.51. The summed E-state index contributed by atoms with van der Waals surface area (Å²) in [6, 6.07) is 0.0239. The Hall–Kier alpha value is -0.280. The van der Waals surface area contributed by atoms with Crippen molar-refractivity contribution >= 4 is 0 Å². The highest BCUT2D eigenvalue weighted by Gasteiger charge is 2.46. The molecule has 1 heterocycles. The maximum atomic E-state index is 10.4. The van der Waals surface area contributed by atoms with E-state index in [1.807, 2.05) is 32.6 Å². The van der Waals surface area contributed by atoms with Crippen molar-refractivity contribution in [1.29, 1.82) is 0 Å². The number of hydrogen-bond acceptors (Lipinski definition) is 7. The zero-order chi connectivity index (χ0) is 17.1. The Labute approximate surface area is 132 Å². The van der Waals surface area contributed by atoms with Gasteiger partial charge in [0.25, 0.3) is 0 Å². The van der Waals surface area contributed by atoms with Gasteiger partial charge >= 0.3 is 0 Å². The molecule has 1 aliphatic heterocycles.